The molecule has 1 aromatic heterocycles. The van der Waals surface area contributed by atoms with Crippen LogP contribution in [0.15, 0.2) is 18.5 Å². The van der Waals surface area contributed by atoms with Crippen LogP contribution < -0.4 is 10.5 Å². The van der Waals surface area contributed by atoms with Gasteiger partial charge in [0.15, 0.2) is 0 Å². The molecule has 1 saturated heterocycles. The van der Waals surface area contributed by atoms with E-state index in [-0.39, 0.29) is 11.9 Å². The average molecular weight is 251 g/mol. The Bertz CT molecular complexity index is 425. The van der Waals surface area contributed by atoms with E-state index >= 15 is 0 Å². The Hall–Kier alpha value is -1.66. The Morgan fingerprint density at radius 3 is 3.28 bits per heavy atom. The van der Waals surface area contributed by atoms with Crippen LogP contribution in [0.2, 0.25) is 0 Å². The van der Waals surface area contributed by atoms with Crippen LogP contribution in [0.1, 0.15) is 10.4 Å². The van der Waals surface area contributed by atoms with E-state index in [9.17, 15) is 4.79 Å². The molecule has 1 aromatic rings. The molecule has 0 radical (unpaired) electrons. The van der Waals surface area contributed by atoms with Crippen molar-refractivity contribution in [3.05, 3.63) is 24.0 Å². The molecule has 2 N–H and O–H groups in total. The van der Waals surface area contributed by atoms with Gasteiger partial charge in [0.1, 0.15) is 5.75 Å². The van der Waals surface area contributed by atoms with Crippen LogP contribution in [-0.4, -0.2) is 55.2 Å². The van der Waals surface area contributed by atoms with Gasteiger partial charge in [-0.15, -0.1) is 0 Å². The smallest absolute Gasteiger partial charge is 0.258 e. The molecule has 98 valence electrons. The molecule has 0 aliphatic carbocycles. The van der Waals surface area contributed by atoms with Crippen molar-refractivity contribution in [2.24, 2.45) is 5.73 Å². The standard InChI is InChI=1S/C12H17N3O3/c1-17-11-7-14-3-2-10(11)12(16)15-4-5-18-8-9(15)6-13/h2-3,7,9H,4-6,8,13H2,1H3. The maximum absolute atomic E-state index is 12.5. The number of rotatable bonds is 3. The summed E-state index contributed by atoms with van der Waals surface area (Å²) in [7, 11) is 1.52. The zero-order valence-corrected chi connectivity index (χ0v) is 10.3. The number of amides is 1. The van der Waals surface area contributed by atoms with E-state index in [1.165, 1.54) is 13.3 Å². The van der Waals surface area contributed by atoms with E-state index in [2.05, 4.69) is 4.98 Å². The van der Waals surface area contributed by atoms with Crippen molar-refractivity contribution in [1.29, 1.82) is 0 Å². The number of pyridine rings is 1. The van der Waals surface area contributed by atoms with Gasteiger partial charge in [-0.2, -0.15) is 0 Å². The first-order chi connectivity index (χ1) is 8.77. The number of hydrogen-bond acceptors (Lipinski definition) is 5. The summed E-state index contributed by atoms with van der Waals surface area (Å²) in [6.45, 7) is 1.95. The number of ether oxygens (including phenoxy) is 2. The minimum atomic E-state index is -0.0898. The van der Waals surface area contributed by atoms with Crippen LogP contribution in [0.25, 0.3) is 0 Å². The highest BCUT2D eigenvalue weighted by atomic mass is 16.5. The molecule has 2 rings (SSSR count). The minimum absolute atomic E-state index is 0.0795. The number of aromatic nitrogens is 1. The third-order valence-electron chi connectivity index (χ3n) is 3.00. The van der Waals surface area contributed by atoms with Gasteiger partial charge in [0.25, 0.3) is 5.91 Å². The average Bonchev–Trinajstić information content (AvgIpc) is 2.46. The van der Waals surface area contributed by atoms with E-state index in [0.29, 0.717) is 37.6 Å². The van der Waals surface area contributed by atoms with Gasteiger partial charge in [0.2, 0.25) is 0 Å². The summed E-state index contributed by atoms with van der Waals surface area (Å²) in [6.07, 6.45) is 3.11. The van der Waals surface area contributed by atoms with Crippen molar-refractivity contribution in [2.45, 2.75) is 6.04 Å². The van der Waals surface area contributed by atoms with Crippen LogP contribution in [0, 0.1) is 0 Å². The lowest BCUT2D eigenvalue weighted by atomic mass is 10.1. The Morgan fingerprint density at radius 1 is 1.72 bits per heavy atom. The highest BCUT2D eigenvalue weighted by molar-refractivity contribution is 5.97. The SMILES string of the molecule is COc1cnccc1C(=O)N1CCOCC1CN. The maximum Gasteiger partial charge on any atom is 0.258 e. The molecule has 1 aliphatic rings. The first-order valence-electron chi connectivity index (χ1n) is 5.84. The molecule has 6 heteroatoms. The van der Waals surface area contributed by atoms with Gasteiger partial charge in [0.05, 0.1) is 38.1 Å². The van der Waals surface area contributed by atoms with Crippen LogP contribution in [0.4, 0.5) is 0 Å². The van der Waals surface area contributed by atoms with Crippen molar-refractivity contribution < 1.29 is 14.3 Å². The molecule has 1 atom stereocenters. The van der Waals surface area contributed by atoms with Gasteiger partial charge in [-0.1, -0.05) is 0 Å². The number of carbonyl (C=O) groups excluding carboxylic acids is 1. The summed E-state index contributed by atoms with van der Waals surface area (Å²) in [5, 5.41) is 0. The molecule has 18 heavy (non-hydrogen) atoms. The van der Waals surface area contributed by atoms with Crippen LogP contribution in [0.3, 0.4) is 0 Å². The van der Waals surface area contributed by atoms with Crippen molar-refractivity contribution >= 4 is 5.91 Å². The molecule has 0 spiro atoms. The van der Waals surface area contributed by atoms with Gasteiger partial charge < -0.3 is 20.1 Å². The summed E-state index contributed by atoms with van der Waals surface area (Å²) in [6, 6.07) is 1.58. The third kappa shape index (κ3) is 2.44. The molecule has 1 unspecified atom stereocenters. The number of carbonyl (C=O) groups is 1. The van der Waals surface area contributed by atoms with E-state index in [0.717, 1.165) is 0 Å². The monoisotopic (exact) mass is 251 g/mol. The lowest BCUT2D eigenvalue weighted by Crippen LogP contribution is -2.52. The Labute approximate surface area is 106 Å². The molecule has 6 nitrogen and oxygen atoms in total. The second-order valence-corrected chi connectivity index (χ2v) is 4.04. The summed E-state index contributed by atoms with van der Waals surface area (Å²) in [4.78, 5) is 18.1. The normalized spacial score (nSPS) is 19.7. The van der Waals surface area contributed by atoms with Gasteiger partial charge in [-0.3, -0.25) is 9.78 Å². The highest BCUT2D eigenvalue weighted by Gasteiger charge is 2.28. The number of hydrogen-bond donors (Lipinski definition) is 1. The van der Waals surface area contributed by atoms with E-state index in [1.54, 1.807) is 17.2 Å². The molecule has 1 fully saturated rings. The topological polar surface area (TPSA) is 77.7 Å². The Kier molecular flexibility index (Phi) is 4.11. The number of nitrogens with two attached hydrogens (primary N) is 1. The predicted molar refractivity (Wildman–Crippen MR) is 65.5 cm³/mol. The maximum atomic E-state index is 12.5. The molecule has 0 bridgehead atoms. The van der Waals surface area contributed by atoms with Crippen molar-refractivity contribution in [2.75, 3.05) is 33.4 Å². The summed E-state index contributed by atoms with van der Waals surface area (Å²) in [5.74, 6) is 0.387. The second kappa shape index (κ2) is 5.79. The van der Waals surface area contributed by atoms with Gasteiger partial charge in [0, 0.05) is 19.3 Å². The van der Waals surface area contributed by atoms with Gasteiger partial charge in [-0.05, 0) is 6.07 Å². The van der Waals surface area contributed by atoms with Crippen molar-refractivity contribution in [3.63, 3.8) is 0 Å². The molecule has 2 heterocycles. The summed E-state index contributed by atoms with van der Waals surface area (Å²) < 4.78 is 10.5. The number of nitrogens with zero attached hydrogens (tertiary/aromatic N) is 2. The summed E-state index contributed by atoms with van der Waals surface area (Å²) >= 11 is 0. The molecular weight excluding hydrogens is 234 g/mol. The number of morpholine rings is 1. The van der Waals surface area contributed by atoms with Crippen molar-refractivity contribution in [1.82, 2.24) is 9.88 Å². The Balaban J connectivity index is 2.24. The lowest BCUT2D eigenvalue weighted by Gasteiger charge is -2.35. The number of methoxy groups -OCH3 is 1. The van der Waals surface area contributed by atoms with E-state index in [4.69, 9.17) is 15.2 Å². The first kappa shape index (κ1) is 12.8. The fraction of sp³-hybridized carbons (Fsp3) is 0.500. The van der Waals surface area contributed by atoms with Crippen LogP contribution in [0.5, 0.6) is 5.75 Å². The molecule has 0 saturated carbocycles. The Morgan fingerprint density at radius 2 is 2.56 bits per heavy atom. The van der Waals surface area contributed by atoms with Gasteiger partial charge >= 0.3 is 0 Å². The molecule has 0 aromatic carbocycles. The second-order valence-electron chi connectivity index (χ2n) is 4.04. The summed E-state index contributed by atoms with van der Waals surface area (Å²) in [5.41, 5.74) is 6.17. The quantitative estimate of drug-likeness (QED) is 0.811. The highest BCUT2D eigenvalue weighted by Crippen LogP contribution is 2.20. The van der Waals surface area contributed by atoms with E-state index < -0.39 is 0 Å². The fourth-order valence-electron chi connectivity index (χ4n) is 1.99. The van der Waals surface area contributed by atoms with Crippen LogP contribution >= 0.6 is 0 Å². The zero-order valence-electron chi connectivity index (χ0n) is 10.3. The minimum Gasteiger partial charge on any atom is -0.494 e. The zero-order chi connectivity index (χ0) is 13.0. The van der Waals surface area contributed by atoms with Gasteiger partial charge in [-0.25, -0.2) is 0 Å². The van der Waals surface area contributed by atoms with Crippen LogP contribution in [-0.2, 0) is 4.74 Å². The molecule has 1 amide bonds. The first-order valence-corrected chi connectivity index (χ1v) is 5.84. The molecule has 1 aliphatic heterocycles. The third-order valence-corrected chi connectivity index (χ3v) is 3.00. The molecular formula is C12H17N3O3. The lowest BCUT2D eigenvalue weighted by molar-refractivity contribution is 0.000682. The largest absolute Gasteiger partial charge is 0.494 e. The van der Waals surface area contributed by atoms with E-state index in [1.807, 2.05) is 0 Å². The fourth-order valence-corrected chi connectivity index (χ4v) is 1.99. The van der Waals surface area contributed by atoms with Crippen molar-refractivity contribution in [3.8, 4) is 5.75 Å². The predicted octanol–water partition coefficient (Wildman–Crippen LogP) is -0.110.